The molecule has 0 aromatic heterocycles. The summed E-state index contributed by atoms with van der Waals surface area (Å²) in [5.74, 6) is -0.278. The van der Waals surface area contributed by atoms with Gasteiger partial charge in [-0.1, -0.05) is 12.1 Å². The maximum atomic E-state index is 12.3. The molecule has 2 N–H and O–H groups in total. The van der Waals surface area contributed by atoms with Gasteiger partial charge in [0.15, 0.2) is 0 Å². The summed E-state index contributed by atoms with van der Waals surface area (Å²) in [7, 11) is 0. The molecule has 31 heavy (non-hydrogen) atoms. The van der Waals surface area contributed by atoms with Crippen LogP contribution in [0.3, 0.4) is 0 Å². The molecule has 0 fully saturated rings. The molecule has 3 aromatic carbocycles. The molecule has 8 heteroatoms. The Morgan fingerprint density at radius 1 is 0.903 bits per heavy atom. The zero-order valence-electron chi connectivity index (χ0n) is 17.0. The molecular formula is C23H21N3O4S. The maximum absolute atomic E-state index is 12.3. The summed E-state index contributed by atoms with van der Waals surface area (Å²) in [6.07, 6.45) is 0. The smallest absolute Gasteiger partial charge is 0.270 e. The molecule has 0 aliphatic carbocycles. The average molecular weight is 436 g/mol. The number of carbonyl (C=O) groups excluding carboxylic acids is 2. The summed E-state index contributed by atoms with van der Waals surface area (Å²) in [4.78, 5) is 35.7. The largest absolute Gasteiger partial charge is 0.325 e. The number of nitrogens with one attached hydrogen (secondary N) is 2. The number of nitro groups is 1. The zero-order valence-corrected chi connectivity index (χ0v) is 17.9. The van der Waals surface area contributed by atoms with Crippen molar-refractivity contribution in [2.75, 3.05) is 16.4 Å². The molecule has 158 valence electrons. The number of anilines is 2. The minimum Gasteiger partial charge on any atom is -0.325 e. The normalized spacial score (nSPS) is 10.4. The molecule has 2 amide bonds. The molecule has 0 aliphatic rings. The highest BCUT2D eigenvalue weighted by Gasteiger charge is 2.12. The highest BCUT2D eigenvalue weighted by molar-refractivity contribution is 8.00. The van der Waals surface area contributed by atoms with Crippen LogP contribution < -0.4 is 10.6 Å². The number of nitro benzene ring substituents is 1. The SMILES string of the molecule is Cc1ccc(NC(=O)CSc2ccc(NC(=O)c3cccc([N+](=O)[O-])c3)cc2)cc1C. The standard InChI is InChI=1S/C23H21N3O4S/c1-15-6-7-19(12-16(15)2)24-22(27)14-31-21-10-8-18(9-11-21)25-23(28)17-4-3-5-20(13-17)26(29)30/h3-13H,14H2,1-2H3,(H,24,27)(H,25,28). The number of non-ortho nitro benzene ring substituents is 1. The number of hydrogen-bond donors (Lipinski definition) is 2. The highest BCUT2D eigenvalue weighted by atomic mass is 32.2. The third-order valence-electron chi connectivity index (χ3n) is 4.59. The second kappa shape index (κ2) is 9.90. The predicted octanol–water partition coefficient (Wildman–Crippen LogP) is 5.19. The number of amides is 2. The van der Waals surface area contributed by atoms with Crippen LogP contribution in [0.2, 0.25) is 0 Å². The van der Waals surface area contributed by atoms with E-state index in [0.717, 1.165) is 16.1 Å². The van der Waals surface area contributed by atoms with Crippen LogP contribution in [0.1, 0.15) is 21.5 Å². The van der Waals surface area contributed by atoms with E-state index in [9.17, 15) is 19.7 Å². The van der Waals surface area contributed by atoms with Crippen molar-refractivity contribution in [3.05, 3.63) is 93.5 Å². The molecule has 7 nitrogen and oxygen atoms in total. The van der Waals surface area contributed by atoms with Crippen molar-refractivity contribution in [3.8, 4) is 0 Å². The van der Waals surface area contributed by atoms with Crippen molar-refractivity contribution in [3.63, 3.8) is 0 Å². The van der Waals surface area contributed by atoms with Crippen LogP contribution in [0.5, 0.6) is 0 Å². The Morgan fingerprint density at radius 2 is 1.61 bits per heavy atom. The molecule has 0 spiro atoms. The fraction of sp³-hybridized carbons (Fsp3) is 0.130. The molecular weight excluding hydrogens is 414 g/mol. The zero-order chi connectivity index (χ0) is 22.4. The lowest BCUT2D eigenvalue weighted by molar-refractivity contribution is -0.384. The van der Waals surface area contributed by atoms with Crippen LogP contribution in [0.4, 0.5) is 17.1 Å². The lowest BCUT2D eigenvalue weighted by Gasteiger charge is -2.08. The molecule has 0 atom stereocenters. The number of carbonyl (C=O) groups is 2. The Bertz CT molecular complexity index is 1130. The number of aryl methyl sites for hydroxylation is 2. The number of hydrogen-bond acceptors (Lipinski definition) is 5. The molecule has 0 aliphatic heterocycles. The van der Waals surface area contributed by atoms with Gasteiger partial charge in [0.25, 0.3) is 11.6 Å². The third kappa shape index (κ3) is 6.16. The van der Waals surface area contributed by atoms with Crippen molar-refractivity contribution in [1.29, 1.82) is 0 Å². The van der Waals surface area contributed by atoms with Crippen LogP contribution in [0.15, 0.2) is 71.6 Å². The highest BCUT2D eigenvalue weighted by Crippen LogP contribution is 2.22. The van der Waals surface area contributed by atoms with E-state index in [0.29, 0.717) is 5.69 Å². The first-order valence-corrected chi connectivity index (χ1v) is 10.5. The molecule has 3 aromatic rings. The van der Waals surface area contributed by atoms with Crippen molar-refractivity contribution in [1.82, 2.24) is 0 Å². The van der Waals surface area contributed by atoms with Crippen molar-refractivity contribution >= 4 is 40.6 Å². The topological polar surface area (TPSA) is 101 Å². The Hall–Kier alpha value is -3.65. The fourth-order valence-corrected chi connectivity index (χ4v) is 3.46. The second-order valence-electron chi connectivity index (χ2n) is 6.92. The molecule has 0 radical (unpaired) electrons. The van der Waals surface area contributed by atoms with Crippen LogP contribution in [-0.2, 0) is 4.79 Å². The quantitative estimate of drug-likeness (QED) is 0.302. The van der Waals surface area contributed by atoms with Gasteiger partial charge in [-0.25, -0.2) is 0 Å². The molecule has 0 unspecified atom stereocenters. The summed E-state index contributed by atoms with van der Waals surface area (Å²) in [6.45, 7) is 4.02. The van der Waals surface area contributed by atoms with E-state index in [2.05, 4.69) is 10.6 Å². The van der Waals surface area contributed by atoms with Gasteiger partial charge in [0, 0.05) is 34.0 Å². The van der Waals surface area contributed by atoms with E-state index in [1.807, 2.05) is 32.0 Å². The van der Waals surface area contributed by atoms with Gasteiger partial charge >= 0.3 is 0 Å². The molecule has 0 bridgehead atoms. The number of thioether (sulfide) groups is 1. The summed E-state index contributed by atoms with van der Waals surface area (Å²) in [5, 5.41) is 16.4. The summed E-state index contributed by atoms with van der Waals surface area (Å²) in [5.41, 5.74) is 3.68. The molecule has 0 heterocycles. The Labute approximate surface area is 184 Å². The minimum atomic E-state index is -0.543. The van der Waals surface area contributed by atoms with Gasteiger partial charge in [0.05, 0.1) is 10.7 Å². The van der Waals surface area contributed by atoms with Crippen molar-refractivity contribution < 1.29 is 14.5 Å². The monoisotopic (exact) mass is 435 g/mol. The van der Waals surface area contributed by atoms with Crippen LogP contribution in [0.25, 0.3) is 0 Å². The third-order valence-corrected chi connectivity index (χ3v) is 5.60. The first-order chi connectivity index (χ1) is 14.8. The van der Waals surface area contributed by atoms with E-state index < -0.39 is 10.8 Å². The van der Waals surface area contributed by atoms with Gasteiger partial charge in [0.2, 0.25) is 5.91 Å². The molecule has 3 rings (SSSR count). The second-order valence-corrected chi connectivity index (χ2v) is 7.97. The summed E-state index contributed by atoms with van der Waals surface area (Å²) in [6, 6.07) is 18.4. The lowest BCUT2D eigenvalue weighted by atomic mass is 10.1. The summed E-state index contributed by atoms with van der Waals surface area (Å²) < 4.78 is 0. The van der Waals surface area contributed by atoms with E-state index in [-0.39, 0.29) is 22.9 Å². The number of nitrogens with zero attached hydrogens (tertiary/aromatic N) is 1. The van der Waals surface area contributed by atoms with Crippen LogP contribution in [0, 0.1) is 24.0 Å². The maximum Gasteiger partial charge on any atom is 0.270 e. The van der Waals surface area contributed by atoms with Crippen LogP contribution >= 0.6 is 11.8 Å². The van der Waals surface area contributed by atoms with Gasteiger partial charge in [-0.2, -0.15) is 0 Å². The Balaban J connectivity index is 1.53. The number of benzene rings is 3. The number of rotatable bonds is 7. The van der Waals surface area contributed by atoms with Gasteiger partial charge in [-0.15, -0.1) is 11.8 Å². The summed E-state index contributed by atoms with van der Waals surface area (Å²) >= 11 is 1.38. The van der Waals surface area contributed by atoms with Crippen LogP contribution in [-0.4, -0.2) is 22.5 Å². The fourth-order valence-electron chi connectivity index (χ4n) is 2.76. The Kier molecular flexibility index (Phi) is 7.04. The first kappa shape index (κ1) is 22.0. The predicted molar refractivity (Wildman–Crippen MR) is 123 cm³/mol. The van der Waals surface area contributed by atoms with E-state index >= 15 is 0 Å². The van der Waals surface area contributed by atoms with E-state index in [4.69, 9.17) is 0 Å². The van der Waals surface area contributed by atoms with Gasteiger partial charge in [0.1, 0.15) is 0 Å². The minimum absolute atomic E-state index is 0.101. The van der Waals surface area contributed by atoms with E-state index in [1.165, 1.54) is 41.6 Å². The van der Waals surface area contributed by atoms with Gasteiger partial charge < -0.3 is 10.6 Å². The lowest BCUT2D eigenvalue weighted by Crippen LogP contribution is -2.14. The van der Waals surface area contributed by atoms with Crippen molar-refractivity contribution in [2.45, 2.75) is 18.7 Å². The molecule has 0 saturated heterocycles. The first-order valence-electron chi connectivity index (χ1n) is 9.47. The Morgan fingerprint density at radius 3 is 2.29 bits per heavy atom. The van der Waals surface area contributed by atoms with E-state index in [1.54, 1.807) is 24.3 Å². The molecule has 0 saturated carbocycles. The van der Waals surface area contributed by atoms with Gasteiger partial charge in [-0.3, -0.25) is 19.7 Å². The van der Waals surface area contributed by atoms with Gasteiger partial charge in [-0.05, 0) is 67.4 Å². The van der Waals surface area contributed by atoms with Crippen molar-refractivity contribution in [2.24, 2.45) is 0 Å². The average Bonchev–Trinajstić information content (AvgIpc) is 2.76.